The molecule has 1 amide bonds. The molecule has 0 aliphatic carbocycles. The van der Waals surface area contributed by atoms with E-state index in [1.165, 1.54) is 36.4 Å². The Morgan fingerprint density at radius 2 is 1.84 bits per heavy atom. The molecule has 2 aromatic carbocycles. The molecule has 0 saturated heterocycles. The van der Waals surface area contributed by atoms with Crippen LogP contribution >= 0.6 is 0 Å². The molecule has 10 heteroatoms. The van der Waals surface area contributed by atoms with Gasteiger partial charge in [0, 0.05) is 18.3 Å². The van der Waals surface area contributed by atoms with Gasteiger partial charge in [-0.1, -0.05) is 17.3 Å². The first kappa shape index (κ1) is 21.3. The summed E-state index contributed by atoms with van der Waals surface area (Å²) in [4.78, 5) is 16.6. The second-order valence-corrected chi connectivity index (χ2v) is 6.93. The number of aromatic nitrogens is 3. The summed E-state index contributed by atoms with van der Waals surface area (Å²) >= 11 is 0. The van der Waals surface area contributed by atoms with Gasteiger partial charge in [-0.25, -0.2) is 4.39 Å². The summed E-state index contributed by atoms with van der Waals surface area (Å²) in [5.74, 6) is -0.359. The summed E-state index contributed by atoms with van der Waals surface area (Å²) in [6.45, 7) is -0.149. The molecular weight excluding hydrogens is 428 g/mol. The molecule has 0 atom stereocenters. The van der Waals surface area contributed by atoms with E-state index < -0.39 is 17.6 Å². The molecule has 4 rings (SSSR count). The SMILES string of the molecule is O=C(Cn1cccc1-c1nc(-c2ccc(F)cc2)no1)NCc1cccc(C(F)(F)F)c1. The van der Waals surface area contributed by atoms with Crippen molar-refractivity contribution in [1.29, 1.82) is 0 Å². The van der Waals surface area contributed by atoms with Gasteiger partial charge in [-0.2, -0.15) is 18.2 Å². The van der Waals surface area contributed by atoms with Crippen molar-refractivity contribution in [3.8, 4) is 23.0 Å². The minimum Gasteiger partial charge on any atom is -0.350 e. The molecule has 0 unspecified atom stereocenters. The van der Waals surface area contributed by atoms with Gasteiger partial charge < -0.3 is 14.4 Å². The number of nitrogens with one attached hydrogen (secondary N) is 1. The number of carbonyl (C=O) groups excluding carboxylic acids is 1. The Balaban J connectivity index is 1.42. The molecule has 0 fully saturated rings. The predicted molar refractivity (Wildman–Crippen MR) is 106 cm³/mol. The zero-order valence-electron chi connectivity index (χ0n) is 16.4. The smallest absolute Gasteiger partial charge is 0.350 e. The number of rotatable bonds is 6. The Morgan fingerprint density at radius 3 is 2.59 bits per heavy atom. The van der Waals surface area contributed by atoms with Crippen LogP contribution in [0.2, 0.25) is 0 Å². The Labute approximate surface area is 179 Å². The van der Waals surface area contributed by atoms with Gasteiger partial charge in [-0.3, -0.25) is 4.79 Å². The standard InChI is InChI=1S/C22H16F4N4O2/c23-17-8-6-15(7-9-17)20-28-21(32-29-20)18-5-2-10-30(18)13-19(31)27-12-14-3-1-4-16(11-14)22(24,25)26/h1-11H,12-13H2,(H,27,31). The maximum absolute atomic E-state index is 13.1. The van der Waals surface area contributed by atoms with E-state index in [0.717, 1.165) is 12.1 Å². The Hall–Kier alpha value is -3.95. The van der Waals surface area contributed by atoms with Crippen LogP contribution in [0.3, 0.4) is 0 Å². The van der Waals surface area contributed by atoms with Crippen molar-refractivity contribution in [3.63, 3.8) is 0 Å². The monoisotopic (exact) mass is 444 g/mol. The summed E-state index contributed by atoms with van der Waals surface area (Å²) in [6.07, 6.45) is -2.81. The lowest BCUT2D eigenvalue weighted by Gasteiger charge is -2.10. The molecule has 0 aliphatic rings. The number of benzene rings is 2. The minimum absolute atomic E-state index is 0.0470. The minimum atomic E-state index is -4.45. The molecule has 2 aromatic heterocycles. The molecule has 2 heterocycles. The van der Waals surface area contributed by atoms with Gasteiger partial charge in [0.15, 0.2) is 0 Å². The zero-order chi connectivity index (χ0) is 22.7. The van der Waals surface area contributed by atoms with E-state index in [0.29, 0.717) is 16.8 Å². The van der Waals surface area contributed by atoms with E-state index >= 15 is 0 Å². The highest BCUT2D eigenvalue weighted by Crippen LogP contribution is 2.29. The topological polar surface area (TPSA) is 73.0 Å². The summed E-state index contributed by atoms with van der Waals surface area (Å²) in [5.41, 5.74) is 0.616. The summed E-state index contributed by atoms with van der Waals surface area (Å²) in [6, 6.07) is 13.7. The molecule has 1 N–H and O–H groups in total. The molecule has 4 aromatic rings. The van der Waals surface area contributed by atoms with Gasteiger partial charge in [0.1, 0.15) is 18.1 Å². The molecule has 0 spiro atoms. The molecule has 6 nitrogen and oxygen atoms in total. The third-order valence-electron chi connectivity index (χ3n) is 4.64. The molecule has 32 heavy (non-hydrogen) atoms. The van der Waals surface area contributed by atoms with E-state index in [1.54, 1.807) is 22.9 Å². The van der Waals surface area contributed by atoms with E-state index in [2.05, 4.69) is 15.5 Å². The third kappa shape index (κ3) is 4.85. The first-order valence-corrected chi connectivity index (χ1v) is 9.47. The highest BCUT2D eigenvalue weighted by Gasteiger charge is 2.30. The van der Waals surface area contributed by atoms with E-state index in [1.807, 2.05) is 0 Å². The van der Waals surface area contributed by atoms with Gasteiger partial charge in [0.2, 0.25) is 11.7 Å². The molecular formula is C22H16F4N4O2. The van der Waals surface area contributed by atoms with Gasteiger partial charge in [0.05, 0.1) is 5.56 Å². The van der Waals surface area contributed by atoms with Crippen LogP contribution in [0.4, 0.5) is 17.6 Å². The van der Waals surface area contributed by atoms with Crippen molar-refractivity contribution in [2.24, 2.45) is 0 Å². The average Bonchev–Trinajstić information content (AvgIpc) is 3.42. The van der Waals surface area contributed by atoms with Crippen LogP contribution in [0.25, 0.3) is 23.0 Å². The van der Waals surface area contributed by atoms with Crippen LogP contribution in [-0.2, 0) is 24.1 Å². The fourth-order valence-electron chi connectivity index (χ4n) is 3.06. The van der Waals surface area contributed by atoms with E-state index in [-0.39, 0.29) is 30.6 Å². The van der Waals surface area contributed by atoms with Crippen molar-refractivity contribution in [2.45, 2.75) is 19.3 Å². The first-order valence-electron chi connectivity index (χ1n) is 9.47. The summed E-state index contributed by atoms with van der Waals surface area (Å²) in [5, 5.41) is 6.48. The van der Waals surface area contributed by atoms with Gasteiger partial charge in [-0.05, 0) is 54.1 Å². The predicted octanol–water partition coefficient (Wildman–Crippen LogP) is 4.68. The fraction of sp³-hybridized carbons (Fsp3) is 0.136. The molecule has 0 radical (unpaired) electrons. The van der Waals surface area contributed by atoms with Gasteiger partial charge in [-0.15, -0.1) is 0 Å². The lowest BCUT2D eigenvalue weighted by Crippen LogP contribution is -2.27. The number of halogens is 4. The summed E-state index contributed by atoms with van der Waals surface area (Å²) in [7, 11) is 0. The van der Waals surface area contributed by atoms with Crippen molar-refractivity contribution in [2.75, 3.05) is 0 Å². The lowest BCUT2D eigenvalue weighted by molar-refractivity contribution is -0.137. The quantitative estimate of drug-likeness (QED) is 0.439. The number of hydrogen-bond donors (Lipinski definition) is 1. The number of carbonyl (C=O) groups is 1. The van der Waals surface area contributed by atoms with Crippen LogP contribution in [0, 0.1) is 5.82 Å². The Kier molecular flexibility index (Phi) is 5.76. The van der Waals surface area contributed by atoms with Crippen molar-refractivity contribution in [3.05, 3.63) is 83.8 Å². The van der Waals surface area contributed by atoms with Gasteiger partial charge in [0.25, 0.3) is 5.89 Å². The normalized spacial score (nSPS) is 11.5. The average molecular weight is 444 g/mol. The zero-order valence-corrected chi connectivity index (χ0v) is 16.4. The molecule has 0 aliphatic heterocycles. The highest BCUT2D eigenvalue weighted by molar-refractivity contribution is 5.76. The van der Waals surface area contributed by atoms with Crippen LogP contribution < -0.4 is 5.32 Å². The number of amides is 1. The largest absolute Gasteiger partial charge is 0.416 e. The van der Waals surface area contributed by atoms with Crippen molar-refractivity contribution < 1.29 is 26.9 Å². The number of nitrogens with zero attached hydrogens (tertiary/aromatic N) is 3. The highest BCUT2D eigenvalue weighted by atomic mass is 19.4. The number of alkyl halides is 3. The molecule has 0 saturated carbocycles. The lowest BCUT2D eigenvalue weighted by atomic mass is 10.1. The second-order valence-electron chi connectivity index (χ2n) is 6.93. The van der Waals surface area contributed by atoms with E-state index in [4.69, 9.17) is 4.52 Å². The van der Waals surface area contributed by atoms with Crippen LogP contribution in [0.15, 0.2) is 71.4 Å². The van der Waals surface area contributed by atoms with Crippen LogP contribution in [-0.4, -0.2) is 20.6 Å². The van der Waals surface area contributed by atoms with Gasteiger partial charge >= 0.3 is 6.18 Å². The Bertz CT molecular complexity index is 1230. The second kappa shape index (κ2) is 8.66. The fourth-order valence-corrected chi connectivity index (χ4v) is 3.06. The van der Waals surface area contributed by atoms with E-state index in [9.17, 15) is 22.4 Å². The van der Waals surface area contributed by atoms with Crippen molar-refractivity contribution in [1.82, 2.24) is 20.0 Å². The van der Waals surface area contributed by atoms with Crippen LogP contribution in [0.1, 0.15) is 11.1 Å². The first-order chi connectivity index (χ1) is 15.3. The number of hydrogen-bond acceptors (Lipinski definition) is 4. The molecule has 0 bridgehead atoms. The maximum atomic E-state index is 13.1. The summed E-state index contributed by atoms with van der Waals surface area (Å²) < 4.78 is 58.4. The third-order valence-corrected chi connectivity index (χ3v) is 4.64. The van der Waals surface area contributed by atoms with Crippen molar-refractivity contribution >= 4 is 5.91 Å². The maximum Gasteiger partial charge on any atom is 0.416 e. The Morgan fingerprint density at radius 1 is 1.06 bits per heavy atom. The molecule has 164 valence electrons. The van der Waals surface area contributed by atoms with Crippen LogP contribution in [0.5, 0.6) is 0 Å².